The molecule has 1 saturated heterocycles. The second-order valence-corrected chi connectivity index (χ2v) is 5.66. The average Bonchev–Trinajstić information content (AvgIpc) is 2.69. The fourth-order valence-corrected chi connectivity index (χ4v) is 3.06. The van der Waals surface area contributed by atoms with Crippen molar-refractivity contribution in [3.8, 4) is 11.5 Å². The van der Waals surface area contributed by atoms with E-state index in [1.807, 2.05) is 12.1 Å². The summed E-state index contributed by atoms with van der Waals surface area (Å²) in [6.07, 6.45) is 4.88. The molecule has 1 atom stereocenters. The predicted octanol–water partition coefficient (Wildman–Crippen LogP) is 2.60. The average molecular weight is 294 g/mol. The summed E-state index contributed by atoms with van der Waals surface area (Å²) in [5, 5.41) is 9.71. The molecule has 1 aromatic carbocycles. The Labute approximate surface area is 125 Å². The molecule has 0 aromatic heterocycles. The zero-order valence-corrected chi connectivity index (χ0v) is 12.7. The van der Waals surface area contributed by atoms with E-state index in [-0.39, 0.29) is 11.8 Å². The number of nitrogens with zero attached hydrogens (tertiary/aromatic N) is 1. The maximum absolute atomic E-state index is 9.71. The number of likely N-dealkylation sites (tertiary alicyclic amines) is 1. The first-order valence-corrected chi connectivity index (χ1v) is 7.44. The van der Waals surface area contributed by atoms with Crippen LogP contribution in [0.2, 0.25) is 0 Å². The lowest BCUT2D eigenvalue weighted by atomic mass is 10.0. The Morgan fingerprint density at radius 2 is 1.95 bits per heavy atom. The molecule has 0 radical (unpaired) electrons. The summed E-state index contributed by atoms with van der Waals surface area (Å²) in [6, 6.07) is 5.24. The van der Waals surface area contributed by atoms with Crippen molar-refractivity contribution in [3.05, 3.63) is 23.8 Å². The lowest BCUT2D eigenvalue weighted by molar-refractivity contribution is 0.254. The van der Waals surface area contributed by atoms with Crippen molar-refractivity contribution in [1.29, 1.82) is 0 Å². The lowest BCUT2D eigenvalue weighted by Gasteiger charge is -2.30. The highest BCUT2D eigenvalue weighted by atomic mass is 32.1. The first kappa shape index (κ1) is 15.1. The molecule has 0 spiro atoms. The number of nitrogens with two attached hydrogens (primary N) is 1. The summed E-state index contributed by atoms with van der Waals surface area (Å²) >= 11 is 5.27. The molecule has 1 aliphatic heterocycles. The van der Waals surface area contributed by atoms with Crippen LogP contribution in [0.4, 0.5) is 0 Å². The van der Waals surface area contributed by atoms with Crippen LogP contribution in [0.3, 0.4) is 0 Å². The van der Waals surface area contributed by atoms with E-state index >= 15 is 0 Å². The first-order chi connectivity index (χ1) is 9.63. The van der Waals surface area contributed by atoms with Crippen LogP contribution in [0.15, 0.2) is 18.2 Å². The molecule has 110 valence electrons. The van der Waals surface area contributed by atoms with Crippen LogP contribution in [0, 0.1) is 0 Å². The molecule has 1 aliphatic rings. The van der Waals surface area contributed by atoms with Crippen molar-refractivity contribution in [2.24, 2.45) is 5.73 Å². The van der Waals surface area contributed by atoms with Gasteiger partial charge in [-0.1, -0.05) is 31.1 Å². The Bertz CT molecular complexity index is 471. The van der Waals surface area contributed by atoms with E-state index in [0.717, 1.165) is 18.7 Å². The molecule has 0 bridgehead atoms. The second kappa shape index (κ2) is 6.90. The Morgan fingerprint density at radius 1 is 1.30 bits per heavy atom. The van der Waals surface area contributed by atoms with Crippen LogP contribution < -0.4 is 10.5 Å². The minimum atomic E-state index is -0.0856. The van der Waals surface area contributed by atoms with E-state index in [4.69, 9.17) is 22.7 Å². The van der Waals surface area contributed by atoms with E-state index < -0.39 is 0 Å². The molecule has 0 aliphatic carbocycles. The smallest absolute Gasteiger partial charge is 0.160 e. The highest BCUT2D eigenvalue weighted by Gasteiger charge is 2.24. The normalized spacial score (nSPS) is 18.2. The van der Waals surface area contributed by atoms with E-state index in [0.29, 0.717) is 10.7 Å². The number of hydrogen-bond donors (Lipinski definition) is 2. The maximum atomic E-state index is 9.71. The molecule has 1 heterocycles. The van der Waals surface area contributed by atoms with Gasteiger partial charge in [0.25, 0.3) is 0 Å². The lowest BCUT2D eigenvalue weighted by Crippen LogP contribution is -2.37. The summed E-state index contributed by atoms with van der Waals surface area (Å²) < 4.78 is 5.17. The quantitative estimate of drug-likeness (QED) is 0.836. The van der Waals surface area contributed by atoms with Gasteiger partial charge in [-0.25, -0.2) is 0 Å². The maximum Gasteiger partial charge on any atom is 0.160 e. The molecule has 1 unspecified atom stereocenters. The number of ether oxygens (including phenoxy) is 1. The van der Waals surface area contributed by atoms with Crippen LogP contribution in [-0.2, 0) is 0 Å². The van der Waals surface area contributed by atoms with Crippen LogP contribution in [0.1, 0.15) is 37.3 Å². The zero-order chi connectivity index (χ0) is 14.5. The van der Waals surface area contributed by atoms with Crippen molar-refractivity contribution in [3.63, 3.8) is 0 Å². The van der Waals surface area contributed by atoms with Gasteiger partial charge in [-0.15, -0.1) is 0 Å². The number of phenols is 1. The van der Waals surface area contributed by atoms with Gasteiger partial charge in [-0.05, 0) is 43.6 Å². The molecule has 1 aromatic rings. The van der Waals surface area contributed by atoms with Crippen molar-refractivity contribution in [1.82, 2.24) is 4.90 Å². The van der Waals surface area contributed by atoms with Gasteiger partial charge >= 0.3 is 0 Å². The molecule has 1 fully saturated rings. The molecular formula is C15H22N2O2S. The standard InChI is InChI=1S/C15H22N2O2S/c1-19-13-10-11(6-7-12(13)18)14(15(16)20)17-8-4-2-3-5-9-17/h6-7,10,14,18H,2-5,8-9H2,1H3,(H2,16,20). The fraction of sp³-hybridized carbons (Fsp3) is 0.533. The van der Waals surface area contributed by atoms with Gasteiger partial charge in [-0.3, -0.25) is 4.90 Å². The van der Waals surface area contributed by atoms with E-state index in [9.17, 15) is 5.11 Å². The zero-order valence-electron chi connectivity index (χ0n) is 11.8. The third-order valence-corrected chi connectivity index (χ3v) is 4.02. The van der Waals surface area contributed by atoms with E-state index in [1.165, 1.54) is 25.7 Å². The minimum Gasteiger partial charge on any atom is -0.504 e. The van der Waals surface area contributed by atoms with Crippen LogP contribution in [0.25, 0.3) is 0 Å². The van der Waals surface area contributed by atoms with Crippen molar-refractivity contribution in [2.45, 2.75) is 31.7 Å². The second-order valence-electron chi connectivity index (χ2n) is 5.19. The summed E-state index contributed by atoms with van der Waals surface area (Å²) in [5.74, 6) is 0.590. The Hall–Kier alpha value is -1.33. The van der Waals surface area contributed by atoms with Crippen LogP contribution in [0.5, 0.6) is 11.5 Å². The predicted molar refractivity (Wildman–Crippen MR) is 84.2 cm³/mol. The molecule has 3 N–H and O–H groups in total. The third-order valence-electron chi connectivity index (χ3n) is 3.79. The largest absolute Gasteiger partial charge is 0.504 e. The topological polar surface area (TPSA) is 58.7 Å². The molecule has 2 rings (SSSR count). The molecular weight excluding hydrogens is 272 g/mol. The molecule has 4 nitrogen and oxygen atoms in total. The highest BCUT2D eigenvalue weighted by molar-refractivity contribution is 7.80. The summed E-state index contributed by atoms with van der Waals surface area (Å²) in [6.45, 7) is 2.01. The van der Waals surface area contributed by atoms with Gasteiger partial charge in [-0.2, -0.15) is 0 Å². The summed E-state index contributed by atoms with van der Waals surface area (Å²) in [5.41, 5.74) is 6.95. The van der Waals surface area contributed by atoms with Gasteiger partial charge in [0.1, 0.15) is 0 Å². The molecule has 0 amide bonds. The highest BCUT2D eigenvalue weighted by Crippen LogP contribution is 2.32. The summed E-state index contributed by atoms with van der Waals surface area (Å²) in [7, 11) is 1.54. The number of hydrogen-bond acceptors (Lipinski definition) is 4. The Kier molecular flexibility index (Phi) is 5.20. The molecule has 20 heavy (non-hydrogen) atoms. The first-order valence-electron chi connectivity index (χ1n) is 7.03. The van der Waals surface area contributed by atoms with Gasteiger partial charge in [0.2, 0.25) is 0 Å². The number of rotatable bonds is 4. The van der Waals surface area contributed by atoms with Gasteiger partial charge in [0, 0.05) is 0 Å². The monoisotopic (exact) mass is 294 g/mol. The van der Waals surface area contributed by atoms with Gasteiger partial charge in [0.05, 0.1) is 18.1 Å². The number of thiocarbonyl (C=S) groups is 1. The van der Waals surface area contributed by atoms with E-state index in [2.05, 4.69) is 4.90 Å². The van der Waals surface area contributed by atoms with Crippen LogP contribution >= 0.6 is 12.2 Å². The Balaban J connectivity index is 2.30. The number of benzene rings is 1. The number of methoxy groups -OCH3 is 1. The SMILES string of the molecule is COc1cc(C(C(N)=S)N2CCCCCC2)ccc1O. The fourth-order valence-electron chi connectivity index (χ4n) is 2.77. The number of phenolic OH excluding ortho intramolecular Hbond substituents is 1. The molecule has 5 heteroatoms. The van der Waals surface area contributed by atoms with Gasteiger partial charge in [0.15, 0.2) is 11.5 Å². The summed E-state index contributed by atoms with van der Waals surface area (Å²) in [4.78, 5) is 2.81. The third kappa shape index (κ3) is 3.41. The number of aromatic hydroxyl groups is 1. The van der Waals surface area contributed by atoms with Crippen molar-refractivity contribution >= 4 is 17.2 Å². The van der Waals surface area contributed by atoms with E-state index in [1.54, 1.807) is 13.2 Å². The Morgan fingerprint density at radius 3 is 2.50 bits per heavy atom. The van der Waals surface area contributed by atoms with Crippen molar-refractivity contribution in [2.75, 3.05) is 20.2 Å². The van der Waals surface area contributed by atoms with Crippen LogP contribution in [-0.4, -0.2) is 35.2 Å². The molecule has 0 saturated carbocycles. The minimum absolute atomic E-state index is 0.0856. The van der Waals surface area contributed by atoms with Gasteiger partial charge < -0.3 is 15.6 Å². The van der Waals surface area contributed by atoms with Crippen molar-refractivity contribution < 1.29 is 9.84 Å².